The lowest BCUT2D eigenvalue weighted by molar-refractivity contribution is -0.126. The maximum atomic E-state index is 14.6. The second-order valence-electron chi connectivity index (χ2n) is 10.7. The zero-order chi connectivity index (χ0) is 30.6. The van der Waals surface area contributed by atoms with Crippen molar-refractivity contribution in [3.63, 3.8) is 0 Å². The lowest BCUT2D eigenvalue weighted by atomic mass is 10.0. The Hall–Kier alpha value is -3.53. The van der Waals surface area contributed by atoms with Crippen molar-refractivity contribution in [2.75, 3.05) is 50.5 Å². The molecule has 4 N–H and O–H groups in total. The summed E-state index contributed by atoms with van der Waals surface area (Å²) >= 11 is 1.23. The lowest BCUT2D eigenvalue weighted by Gasteiger charge is -2.33. The molecule has 0 atom stereocenters. The van der Waals surface area contributed by atoms with Crippen molar-refractivity contribution >= 4 is 38.7 Å². The van der Waals surface area contributed by atoms with Crippen molar-refractivity contribution in [1.29, 1.82) is 0 Å². The van der Waals surface area contributed by atoms with Crippen LogP contribution < -0.4 is 20.7 Å². The highest BCUT2D eigenvalue weighted by molar-refractivity contribution is 7.20. The Labute approximate surface area is 251 Å². The maximum Gasteiger partial charge on any atom is 0.393 e. The SMILES string of the molecule is CNC(=O)c1cc(OCCO)c(NCC#Cc2sc3c(NC4CCN(C5CC5)CC4)cccc3c2CC(F)(F)F)cc1F. The highest BCUT2D eigenvalue weighted by Gasteiger charge is 2.33. The fourth-order valence-corrected chi connectivity index (χ4v) is 6.54. The van der Waals surface area contributed by atoms with Gasteiger partial charge in [-0.2, -0.15) is 13.2 Å². The number of anilines is 2. The summed E-state index contributed by atoms with van der Waals surface area (Å²) in [5.74, 6) is 4.46. The Morgan fingerprint density at radius 2 is 1.93 bits per heavy atom. The molecular formula is C31H34F4N4O3S. The van der Waals surface area contributed by atoms with E-state index in [1.165, 1.54) is 37.3 Å². The van der Waals surface area contributed by atoms with Gasteiger partial charge in [0.15, 0.2) is 0 Å². The average molecular weight is 619 g/mol. The molecule has 7 nitrogen and oxygen atoms in total. The van der Waals surface area contributed by atoms with Crippen molar-refractivity contribution in [1.82, 2.24) is 10.2 Å². The zero-order valence-electron chi connectivity index (χ0n) is 23.7. The van der Waals surface area contributed by atoms with Gasteiger partial charge in [0, 0.05) is 38.3 Å². The van der Waals surface area contributed by atoms with Crippen LogP contribution in [0.4, 0.5) is 28.9 Å². The molecule has 43 heavy (non-hydrogen) atoms. The number of thiophene rings is 1. The van der Waals surface area contributed by atoms with Gasteiger partial charge in [0.05, 0.1) is 46.1 Å². The smallest absolute Gasteiger partial charge is 0.393 e. The van der Waals surface area contributed by atoms with E-state index in [0.717, 1.165) is 48.4 Å². The van der Waals surface area contributed by atoms with Gasteiger partial charge >= 0.3 is 6.18 Å². The van der Waals surface area contributed by atoms with Gasteiger partial charge < -0.3 is 30.7 Å². The van der Waals surface area contributed by atoms with Gasteiger partial charge in [-0.1, -0.05) is 24.0 Å². The van der Waals surface area contributed by atoms with E-state index in [9.17, 15) is 22.4 Å². The number of aliphatic hydroxyl groups is 1. The largest absolute Gasteiger partial charge is 0.489 e. The molecule has 1 saturated carbocycles. The molecule has 0 unspecified atom stereocenters. The number of nitrogens with one attached hydrogen (secondary N) is 3. The molecule has 1 aliphatic heterocycles. The lowest BCUT2D eigenvalue weighted by Crippen LogP contribution is -2.40. The molecule has 0 bridgehead atoms. The second-order valence-corrected chi connectivity index (χ2v) is 11.7. The number of ether oxygens (including phenoxy) is 1. The maximum absolute atomic E-state index is 14.6. The fraction of sp³-hybridized carbons (Fsp3) is 0.452. The van der Waals surface area contributed by atoms with Crippen LogP contribution in [-0.4, -0.2) is 74.1 Å². The third-order valence-electron chi connectivity index (χ3n) is 7.61. The van der Waals surface area contributed by atoms with Gasteiger partial charge in [-0.15, -0.1) is 11.3 Å². The van der Waals surface area contributed by atoms with Crippen LogP contribution in [0.1, 0.15) is 46.5 Å². The van der Waals surface area contributed by atoms with E-state index in [1.54, 1.807) is 12.1 Å². The van der Waals surface area contributed by atoms with E-state index in [0.29, 0.717) is 10.3 Å². The third kappa shape index (κ3) is 7.71. The number of amides is 1. The van der Waals surface area contributed by atoms with Crippen molar-refractivity contribution in [2.24, 2.45) is 0 Å². The van der Waals surface area contributed by atoms with Crippen molar-refractivity contribution in [2.45, 2.75) is 50.4 Å². The summed E-state index contributed by atoms with van der Waals surface area (Å²) in [6.45, 7) is 1.64. The van der Waals surface area contributed by atoms with Gasteiger partial charge in [0.2, 0.25) is 0 Å². The summed E-state index contributed by atoms with van der Waals surface area (Å²) in [6, 6.07) is 8.68. The van der Waals surface area contributed by atoms with E-state index < -0.39 is 24.3 Å². The summed E-state index contributed by atoms with van der Waals surface area (Å²) in [4.78, 5) is 14.8. The molecule has 2 fully saturated rings. The van der Waals surface area contributed by atoms with Crippen LogP contribution in [0.2, 0.25) is 0 Å². The Balaban J connectivity index is 1.36. The van der Waals surface area contributed by atoms with Crippen molar-refractivity contribution in [3.05, 3.63) is 52.2 Å². The number of carbonyl (C=O) groups excluding carboxylic acids is 1. The zero-order valence-corrected chi connectivity index (χ0v) is 24.6. The van der Waals surface area contributed by atoms with Gasteiger partial charge in [-0.3, -0.25) is 4.79 Å². The normalized spacial score (nSPS) is 16.0. The molecule has 230 valence electrons. The van der Waals surface area contributed by atoms with Crippen molar-refractivity contribution < 1.29 is 32.2 Å². The number of likely N-dealkylation sites (tertiary alicyclic amines) is 1. The average Bonchev–Trinajstić information content (AvgIpc) is 3.77. The molecule has 12 heteroatoms. The third-order valence-corrected chi connectivity index (χ3v) is 8.80. The second kappa shape index (κ2) is 13.4. The first-order valence-corrected chi connectivity index (χ1v) is 15.1. The molecule has 0 spiro atoms. The predicted molar refractivity (Wildman–Crippen MR) is 161 cm³/mol. The Kier molecular flexibility index (Phi) is 9.64. The van der Waals surface area contributed by atoms with Crippen LogP contribution in [0, 0.1) is 17.7 Å². The van der Waals surface area contributed by atoms with E-state index in [1.807, 2.05) is 6.07 Å². The van der Waals surface area contributed by atoms with Crippen LogP contribution in [0.25, 0.3) is 10.1 Å². The number of hydrogen-bond acceptors (Lipinski definition) is 7. The molecule has 2 aromatic carbocycles. The highest BCUT2D eigenvalue weighted by Crippen LogP contribution is 2.40. The number of benzene rings is 2. The van der Waals surface area contributed by atoms with Crippen LogP contribution in [0.15, 0.2) is 30.3 Å². The number of halogens is 4. The van der Waals surface area contributed by atoms with Crippen LogP contribution in [-0.2, 0) is 6.42 Å². The first kappa shape index (κ1) is 30.9. The number of nitrogens with zero attached hydrogens (tertiary/aromatic N) is 1. The van der Waals surface area contributed by atoms with E-state index in [4.69, 9.17) is 9.84 Å². The number of aliphatic hydroxyl groups excluding tert-OH is 1. The van der Waals surface area contributed by atoms with E-state index in [-0.39, 0.29) is 48.4 Å². The minimum absolute atomic E-state index is 0.0291. The molecule has 5 rings (SSSR count). The Morgan fingerprint density at radius 3 is 2.60 bits per heavy atom. The summed E-state index contributed by atoms with van der Waals surface area (Å²) in [7, 11) is 1.37. The first-order valence-electron chi connectivity index (χ1n) is 14.3. The fourth-order valence-electron chi connectivity index (χ4n) is 5.37. The topological polar surface area (TPSA) is 85.9 Å². The monoisotopic (exact) mass is 618 g/mol. The minimum Gasteiger partial charge on any atom is -0.489 e. The molecule has 0 radical (unpaired) electrons. The molecule has 1 saturated heterocycles. The van der Waals surface area contributed by atoms with Crippen LogP contribution in [0.5, 0.6) is 5.75 Å². The molecule has 1 aromatic heterocycles. The van der Waals surface area contributed by atoms with Gasteiger partial charge in [-0.05, 0) is 48.8 Å². The standard InChI is InChI=1S/C31H34F4N4O3S/c1-36-30(41)22-16-27(42-15-14-40)26(17-24(22)32)37-11-3-6-28-23(18-31(33,34)35)21-4-2-5-25(29(21)43-28)38-19-9-12-39(13-10-19)20-7-8-20/h2,4-5,16-17,19-20,37-38,40H,7-15,18H2,1H3,(H,36,41). The Bertz CT molecular complexity index is 1520. The summed E-state index contributed by atoms with van der Waals surface area (Å²) < 4.78 is 61.7. The van der Waals surface area contributed by atoms with Crippen LogP contribution in [0.3, 0.4) is 0 Å². The van der Waals surface area contributed by atoms with Gasteiger partial charge in [-0.25, -0.2) is 4.39 Å². The highest BCUT2D eigenvalue weighted by atomic mass is 32.1. The summed E-state index contributed by atoms with van der Waals surface area (Å²) in [5.41, 5.74) is 0.922. The molecule has 2 aliphatic rings. The number of rotatable bonds is 10. The summed E-state index contributed by atoms with van der Waals surface area (Å²) in [5, 5.41) is 18.5. The molecule has 2 heterocycles. The predicted octanol–water partition coefficient (Wildman–Crippen LogP) is 5.38. The number of carbonyl (C=O) groups is 1. The molecule has 1 aliphatic carbocycles. The minimum atomic E-state index is -4.41. The number of fused-ring (bicyclic) bond motifs is 1. The Morgan fingerprint density at radius 1 is 1.16 bits per heavy atom. The quantitative estimate of drug-likeness (QED) is 0.181. The van der Waals surface area contributed by atoms with E-state index >= 15 is 0 Å². The molecular weight excluding hydrogens is 584 g/mol. The number of piperidine rings is 1. The number of hydrogen-bond donors (Lipinski definition) is 4. The molecule has 1 amide bonds. The van der Waals surface area contributed by atoms with Gasteiger partial charge in [0.1, 0.15) is 18.2 Å². The van der Waals surface area contributed by atoms with E-state index in [2.05, 4.69) is 32.7 Å². The first-order chi connectivity index (χ1) is 20.7. The van der Waals surface area contributed by atoms with Crippen LogP contribution >= 0.6 is 11.3 Å². The number of alkyl halides is 3. The van der Waals surface area contributed by atoms with Crippen molar-refractivity contribution in [3.8, 4) is 17.6 Å². The molecule has 3 aromatic rings. The summed E-state index contributed by atoms with van der Waals surface area (Å²) in [6.07, 6.45) is -0.994. The van der Waals surface area contributed by atoms with Gasteiger partial charge in [0.25, 0.3) is 5.91 Å².